The van der Waals surface area contributed by atoms with Gasteiger partial charge < -0.3 is 15.0 Å². The Bertz CT molecular complexity index is 655. The van der Waals surface area contributed by atoms with Crippen LogP contribution in [0.5, 0.6) is 5.75 Å². The van der Waals surface area contributed by atoms with Crippen LogP contribution in [-0.4, -0.2) is 43.6 Å². The molecule has 2 aliphatic heterocycles. The minimum absolute atomic E-state index is 0. The van der Waals surface area contributed by atoms with E-state index in [1.54, 1.807) is 4.90 Å². The monoisotopic (exact) mass is 420 g/mol. The van der Waals surface area contributed by atoms with Crippen molar-refractivity contribution in [1.29, 1.82) is 0 Å². The fourth-order valence-electron chi connectivity index (χ4n) is 3.80. The van der Waals surface area contributed by atoms with Gasteiger partial charge in [0.15, 0.2) is 6.61 Å². The van der Waals surface area contributed by atoms with Crippen molar-refractivity contribution in [1.82, 2.24) is 10.2 Å². The Morgan fingerprint density at radius 3 is 2.43 bits per heavy atom. The van der Waals surface area contributed by atoms with Crippen molar-refractivity contribution < 1.29 is 22.7 Å². The average molecular weight is 421 g/mol. The number of rotatable bonds is 4. The number of halogens is 4. The van der Waals surface area contributed by atoms with Crippen LogP contribution in [0, 0.1) is 5.92 Å². The summed E-state index contributed by atoms with van der Waals surface area (Å²) in [7, 11) is 0. The minimum Gasteiger partial charge on any atom is -0.483 e. The van der Waals surface area contributed by atoms with Gasteiger partial charge in [-0.15, -0.1) is 12.4 Å². The number of amides is 1. The second-order valence-corrected chi connectivity index (χ2v) is 7.63. The maximum absolute atomic E-state index is 13.1. The first-order valence-electron chi connectivity index (χ1n) is 9.67. The Kier molecular flexibility index (Phi) is 8.01. The van der Waals surface area contributed by atoms with Crippen molar-refractivity contribution >= 4 is 18.3 Å². The van der Waals surface area contributed by atoms with Crippen molar-refractivity contribution in [2.45, 2.75) is 44.7 Å². The molecule has 0 spiro atoms. The summed E-state index contributed by atoms with van der Waals surface area (Å²) in [5, 5.41) is 3.22. The number of piperidine rings is 2. The van der Waals surface area contributed by atoms with Crippen LogP contribution in [0.1, 0.15) is 49.7 Å². The van der Waals surface area contributed by atoms with E-state index >= 15 is 0 Å². The molecule has 4 nitrogen and oxygen atoms in total. The molecule has 0 aliphatic carbocycles. The van der Waals surface area contributed by atoms with E-state index in [1.165, 1.54) is 12.1 Å². The zero-order valence-electron chi connectivity index (χ0n) is 16.1. The van der Waals surface area contributed by atoms with E-state index in [9.17, 15) is 18.0 Å². The molecule has 3 rings (SSSR count). The highest BCUT2D eigenvalue weighted by atomic mass is 35.5. The van der Waals surface area contributed by atoms with Crippen LogP contribution in [-0.2, 0) is 11.0 Å². The van der Waals surface area contributed by atoms with Crippen molar-refractivity contribution in [2.24, 2.45) is 5.92 Å². The summed E-state index contributed by atoms with van der Waals surface area (Å²) in [5.41, 5.74) is -0.105. The molecule has 2 fully saturated rings. The molecule has 2 heterocycles. The van der Waals surface area contributed by atoms with Gasteiger partial charge in [0.25, 0.3) is 5.91 Å². The lowest BCUT2D eigenvalue weighted by Crippen LogP contribution is -2.40. The van der Waals surface area contributed by atoms with Crippen molar-refractivity contribution in [3.8, 4) is 5.75 Å². The van der Waals surface area contributed by atoms with Crippen LogP contribution in [0.3, 0.4) is 0 Å². The first-order chi connectivity index (χ1) is 12.8. The number of nitrogens with zero attached hydrogens (tertiary/aromatic N) is 1. The van der Waals surface area contributed by atoms with Gasteiger partial charge in [-0.1, -0.05) is 6.92 Å². The van der Waals surface area contributed by atoms with Gasteiger partial charge in [-0.2, -0.15) is 13.2 Å². The van der Waals surface area contributed by atoms with E-state index in [0.29, 0.717) is 17.2 Å². The second-order valence-electron chi connectivity index (χ2n) is 7.63. The molecule has 0 aromatic heterocycles. The summed E-state index contributed by atoms with van der Waals surface area (Å²) in [5.74, 6) is 0.928. The van der Waals surface area contributed by atoms with Crippen LogP contribution in [0.25, 0.3) is 0 Å². The van der Waals surface area contributed by atoms with E-state index in [2.05, 4.69) is 12.2 Å². The third kappa shape index (κ3) is 5.77. The predicted molar refractivity (Wildman–Crippen MR) is 104 cm³/mol. The molecule has 1 aromatic rings. The first kappa shape index (κ1) is 22.8. The molecule has 2 aliphatic rings. The molecule has 0 unspecified atom stereocenters. The fourth-order valence-corrected chi connectivity index (χ4v) is 3.80. The first-order valence-corrected chi connectivity index (χ1v) is 9.67. The molecule has 1 N–H and O–H groups in total. The van der Waals surface area contributed by atoms with Gasteiger partial charge in [-0.05, 0) is 74.4 Å². The Hall–Kier alpha value is -1.47. The second kappa shape index (κ2) is 9.83. The van der Waals surface area contributed by atoms with Gasteiger partial charge in [0.1, 0.15) is 5.75 Å². The number of carbonyl (C=O) groups is 1. The summed E-state index contributed by atoms with van der Waals surface area (Å²) >= 11 is 0. The highest BCUT2D eigenvalue weighted by molar-refractivity contribution is 5.85. The van der Waals surface area contributed by atoms with E-state index in [1.807, 2.05) is 0 Å². The quantitative estimate of drug-likeness (QED) is 0.792. The van der Waals surface area contributed by atoms with Gasteiger partial charge in [-0.3, -0.25) is 4.79 Å². The smallest absolute Gasteiger partial charge is 0.416 e. The molecule has 0 atom stereocenters. The van der Waals surface area contributed by atoms with E-state index in [0.717, 1.165) is 57.9 Å². The zero-order chi connectivity index (χ0) is 19.4. The largest absolute Gasteiger partial charge is 0.483 e. The summed E-state index contributed by atoms with van der Waals surface area (Å²) in [4.78, 5) is 14.2. The van der Waals surface area contributed by atoms with Crippen molar-refractivity contribution in [3.05, 3.63) is 29.3 Å². The Labute approximate surface area is 170 Å². The maximum atomic E-state index is 13.1. The number of alkyl halides is 3. The van der Waals surface area contributed by atoms with E-state index in [4.69, 9.17) is 4.74 Å². The van der Waals surface area contributed by atoms with Gasteiger partial charge in [0.05, 0.1) is 5.56 Å². The average Bonchev–Trinajstić information content (AvgIpc) is 2.66. The van der Waals surface area contributed by atoms with Crippen LogP contribution in [0.15, 0.2) is 18.2 Å². The summed E-state index contributed by atoms with van der Waals surface area (Å²) in [6, 6.07) is 3.59. The Morgan fingerprint density at radius 2 is 1.82 bits per heavy atom. The summed E-state index contributed by atoms with van der Waals surface area (Å²) in [6.45, 7) is 5.02. The maximum Gasteiger partial charge on any atom is 0.416 e. The number of benzene rings is 1. The SMILES string of the molecule is CC1CCN(C(=O)COc2ccc(C(F)(F)F)cc2C2CCNCC2)CC1.Cl. The number of nitrogens with one attached hydrogen (secondary N) is 1. The highest BCUT2D eigenvalue weighted by Crippen LogP contribution is 2.38. The molecule has 0 saturated carbocycles. The Balaban J connectivity index is 0.00000280. The standard InChI is InChI=1S/C20H27F3N2O2.ClH/c1-14-6-10-25(11-7-14)19(26)13-27-18-3-2-16(20(21,22)23)12-17(18)15-4-8-24-9-5-15;/h2-3,12,14-15,24H,4-11,13H2,1H3;1H. The lowest BCUT2D eigenvalue weighted by Gasteiger charge is -2.30. The van der Waals surface area contributed by atoms with Gasteiger partial charge in [0, 0.05) is 13.1 Å². The van der Waals surface area contributed by atoms with Crippen molar-refractivity contribution in [3.63, 3.8) is 0 Å². The number of carbonyl (C=O) groups excluding carboxylic acids is 1. The predicted octanol–water partition coefficient (Wildman–Crippen LogP) is 4.23. The van der Waals surface area contributed by atoms with Gasteiger partial charge in [0.2, 0.25) is 0 Å². The molecule has 1 aromatic carbocycles. The van der Waals surface area contributed by atoms with Crippen LogP contribution < -0.4 is 10.1 Å². The van der Waals surface area contributed by atoms with E-state index in [-0.39, 0.29) is 30.8 Å². The highest BCUT2D eigenvalue weighted by Gasteiger charge is 2.32. The zero-order valence-corrected chi connectivity index (χ0v) is 16.9. The van der Waals surface area contributed by atoms with E-state index < -0.39 is 11.7 Å². The molecule has 8 heteroatoms. The van der Waals surface area contributed by atoms with Crippen LogP contribution >= 0.6 is 12.4 Å². The molecule has 1 amide bonds. The molecular formula is C20H28ClF3N2O2. The lowest BCUT2D eigenvalue weighted by atomic mass is 9.88. The number of hydrogen-bond acceptors (Lipinski definition) is 3. The van der Waals surface area contributed by atoms with Crippen LogP contribution in [0.2, 0.25) is 0 Å². The normalized spacial score (nSPS) is 19.2. The topological polar surface area (TPSA) is 41.6 Å². The third-order valence-corrected chi connectivity index (χ3v) is 5.60. The molecular weight excluding hydrogens is 393 g/mol. The number of likely N-dealkylation sites (tertiary alicyclic amines) is 1. The molecule has 28 heavy (non-hydrogen) atoms. The molecule has 0 radical (unpaired) electrons. The molecule has 0 bridgehead atoms. The Morgan fingerprint density at radius 1 is 1.18 bits per heavy atom. The lowest BCUT2D eigenvalue weighted by molar-refractivity contribution is -0.138. The van der Waals surface area contributed by atoms with Crippen molar-refractivity contribution in [2.75, 3.05) is 32.8 Å². The molecule has 2 saturated heterocycles. The van der Waals surface area contributed by atoms with Crippen LogP contribution in [0.4, 0.5) is 13.2 Å². The fraction of sp³-hybridized carbons (Fsp3) is 0.650. The summed E-state index contributed by atoms with van der Waals surface area (Å²) in [6.07, 6.45) is -0.912. The minimum atomic E-state index is -4.39. The third-order valence-electron chi connectivity index (χ3n) is 5.60. The number of hydrogen-bond donors (Lipinski definition) is 1. The summed E-state index contributed by atoms with van der Waals surface area (Å²) < 4.78 is 45.1. The van der Waals surface area contributed by atoms with Gasteiger partial charge >= 0.3 is 6.18 Å². The molecule has 158 valence electrons. The number of ether oxygens (including phenoxy) is 1. The van der Waals surface area contributed by atoms with Gasteiger partial charge in [-0.25, -0.2) is 0 Å².